The van der Waals surface area contributed by atoms with Gasteiger partial charge in [-0.1, -0.05) is 20.3 Å². The molecule has 0 amide bonds. The summed E-state index contributed by atoms with van der Waals surface area (Å²) in [6, 6.07) is 2.77. The molecule has 1 unspecified atom stereocenters. The van der Waals surface area contributed by atoms with Gasteiger partial charge >= 0.3 is 12.1 Å². The molecular weight excluding hydrogens is 273 g/mol. The molecule has 0 saturated carbocycles. The number of benzene rings is 1. The fourth-order valence-electron chi connectivity index (χ4n) is 1.82. The minimum Gasteiger partial charge on any atom is -0.493 e. The van der Waals surface area contributed by atoms with Crippen LogP contribution in [0.1, 0.15) is 42.6 Å². The van der Waals surface area contributed by atoms with Gasteiger partial charge in [-0.2, -0.15) is 13.2 Å². The van der Waals surface area contributed by atoms with E-state index in [2.05, 4.69) is 0 Å². The molecule has 3 nitrogen and oxygen atoms in total. The summed E-state index contributed by atoms with van der Waals surface area (Å²) >= 11 is 0. The molecule has 0 radical (unpaired) electrons. The Morgan fingerprint density at radius 2 is 2.05 bits per heavy atom. The highest BCUT2D eigenvalue weighted by atomic mass is 19.4. The number of carboxylic acid groups (broad SMARTS) is 1. The van der Waals surface area contributed by atoms with E-state index in [1.807, 2.05) is 13.8 Å². The molecule has 0 saturated heterocycles. The van der Waals surface area contributed by atoms with Crippen LogP contribution < -0.4 is 4.74 Å². The zero-order valence-electron chi connectivity index (χ0n) is 11.3. The lowest BCUT2D eigenvalue weighted by Gasteiger charge is -2.17. The Hall–Kier alpha value is -1.72. The fraction of sp³-hybridized carbons (Fsp3) is 0.500. The summed E-state index contributed by atoms with van der Waals surface area (Å²) in [5.74, 6) is -1.59. The molecule has 1 rings (SSSR count). The van der Waals surface area contributed by atoms with Gasteiger partial charge in [0.15, 0.2) is 0 Å². The third-order valence-corrected chi connectivity index (χ3v) is 2.84. The van der Waals surface area contributed by atoms with Crippen LogP contribution in [0.4, 0.5) is 13.2 Å². The van der Waals surface area contributed by atoms with Gasteiger partial charge in [0.2, 0.25) is 0 Å². The minimum atomic E-state index is -4.64. The van der Waals surface area contributed by atoms with Crippen molar-refractivity contribution in [2.75, 3.05) is 6.61 Å². The van der Waals surface area contributed by atoms with Crippen molar-refractivity contribution < 1.29 is 27.8 Å². The van der Waals surface area contributed by atoms with E-state index in [1.165, 1.54) is 0 Å². The van der Waals surface area contributed by atoms with Gasteiger partial charge in [-0.25, -0.2) is 4.79 Å². The molecule has 20 heavy (non-hydrogen) atoms. The first-order valence-electron chi connectivity index (χ1n) is 6.33. The average Bonchev–Trinajstić information content (AvgIpc) is 2.35. The summed E-state index contributed by atoms with van der Waals surface area (Å²) < 4.78 is 43.9. The molecule has 6 heteroatoms. The maximum atomic E-state index is 12.9. The number of halogens is 3. The van der Waals surface area contributed by atoms with Crippen LogP contribution >= 0.6 is 0 Å². The highest BCUT2D eigenvalue weighted by Crippen LogP contribution is 2.37. The maximum absolute atomic E-state index is 12.9. The van der Waals surface area contributed by atoms with E-state index in [-0.39, 0.29) is 18.3 Å². The van der Waals surface area contributed by atoms with Crippen molar-refractivity contribution in [3.05, 3.63) is 29.3 Å². The van der Waals surface area contributed by atoms with Crippen molar-refractivity contribution in [1.82, 2.24) is 0 Å². The average molecular weight is 290 g/mol. The van der Waals surface area contributed by atoms with Crippen LogP contribution in [0.25, 0.3) is 0 Å². The number of carboxylic acids is 1. The smallest absolute Gasteiger partial charge is 0.419 e. The van der Waals surface area contributed by atoms with Gasteiger partial charge in [0.05, 0.1) is 17.7 Å². The van der Waals surface area contributed by atoms with Gasteiger partial charge in [-0.05, 0) is 30.5 Å². The summed E-state index contributed by atoms with van der Waals surface area (Å²) in [7, 11) is 0. The highest BCUT2D eigenvalue weighted by molar-refractivity contribution is 5.88. The standard InChI is InChI=1S/C14H17F3O3/c1-3-4-9(2)8-20-12-6-5-10(13(18)19)7-11(12)14(15,16)17/h5-7,9H,3-4,8H2,1-2H3,(H,18,19). The van der Waals surface area contributed by atoms with Crippen LogP contribution in [0.2, 0.25) is 0 Å². The summed E-state index contributed by atoms with van der Waals surface area (Å²) in [6.07, 6.45) is -2.86. The number of alkyl halides is 3. The molecule has 0 spiro atoms. The molecule has 0 fully saturated rings. The maximum Gasteiger partial charge on any atom is 0.419 e. The first-order valence-corrected chi connectivity index (χ1v) is 6.33. The van der Waals surface area contributed by atoms with Crippen molar-refractivity contribution in [2.24, 2.45) is 5.92 Å². The topological polar surface area (TPSA) is 46.5 Å². The zero-order valence-corrected chi connectivity index (χ0v) is 11.3. The number of rotatable bonds is 6. The lowest BCUT2D eigenvalue weighted by molar-refractivity contribution is -0.139. The van der Waals surface area contributed by atoms with E-state index in [0.717, 1.165) is 25.0 Å². The van der Waals surface area contributed by atoms with Crippen LogP contribution in [-0.2, 0) is 6.18 Å². The minimum absolute atomic E-state index is 0.139. The lowest BCUT2D eigenvalue weighted by Crippen LogP contribution is -2.14. The second kappa shape index (κ2) is 6.63. The fourth-order valence-corrected chi connectivity index (χ4v) is 1.82. The number of hydrogen-bond acceptors (Lipinski definition) is 2. The Bertz CT molecular complexity index is 469. The quantitative estimate of drug-likeness (QED) is 0.853. The van der Waals surface area contributed by atoms with Gasteiger partial charge in [0.25, 0.3) is 0 Å². The monoisotopic (exact) mass is 290 g/mol. The molecule has 0 heterocycles. The van der Waals surface area contributed by atoms with Gasteiger partial charge < -0.3 is 9.84 Å². The lowest BCUT2D eigenvalue weighted by atomic mass is 10.1. The third kappa shape index (κ3) is 4.43. The van der Waals surface area contributed by atoms with Gasteiger partial charge in [0.1, 0.15) is 5.75 Å². The van der Waals surface area contributed by atoms with E-state index >= 15 is 0 Å². The molecule has 1 N–H and O–H groups in total. The Balaban J connectivity index is 2.98. The van der Waals surface area contributed by atoms with Crippen molar-refractivity contribution in [1.29, 1.82) is 0 Å². The molecule has 1 aromatic carbocycles. The van der Waals surface area contributed by atoms with Crippen LogP contribution in [0.5, 0.6) is 5.75 Å². The van der Waals surface area contributed by atoms with Gasteiger partial charge in [-0.15, -0.1) is 0 Å². The Kier molecular flexibility index (Phi) is 5.42. The van der Waals surface area contributed by atoms with Crippen molar-refractivity contribution in [3.63, 3.8) is 0 Å². The van der Waals surface area contributed by atoms with Crippen molar-refractivity contribution >= 4 is 5.97 Å². The number of aromatic carboxylic acids is 1. The van der Waals surface area contributed by atoms with Crippen LogP contribution in [0, 0.1) is 5.92 Å². The molecule has 112 valence electrons. The number of carbonyl (C=O) groups is 1. The summed E-state index contributed by atoms with van der Waals surface area (Å²) in [5.41, 5.74) is -1.47. The molecule has 0 aliphatic rings. The summed E-state index contributed by atoms with van der Waals surface area (Å²) in [4.78, 5) is 10.7. The summed E-state index contributed by atoms with van der Waals surface area (Å²) in [6.45, 7) is 4.05. The predicted octanol–water partition coefficient (Wildman–Crippen LogP) is 4.22. The molecule has 0 aliphatic carbocycles. The molecule has 0 aliphatic heterocycles. The Morgan fingerprint density at radius 3 is 2.55 bits per heavy atom. The Labute approximate surface area is 115 Å². The SMILES string of the molecule is CCCC(C)COc1ccc(C(=O)O)cc1C(F)(F)F. The first-order chi connectivity index (χ1) is 9.25. The van der Waals surface area contributed by atoms with E-state index < -0.39 is 23.3 Å². The second-order valence-corrected chi connectivity index (χ2v) is 4.72. The van der Waals surface area contributed by atoms with Crippen molar-refractivity contribution in [3.8, 4) is 5.75 Å². The van der Waals surface area contributed by atoms with E-state index in [4.69, 9.17) is 9.84 Å². The van der Waals surface area contributed by atoms with Crippen molar-refractivity contribution in [2.45, 2.75) is 32.9 Å². The van der Waals surface area contributed by atoms with E-state index in [9.17, 15) is 18.0 Å². The van der Waals surface area contributed by atoms with Crippen LogP contribution in [0.15, 0.2) is 18.2 Å². The second-order valence-electron chi connectivity index (χ2n) is 4.72. The molecule has 1 aromatic rings. The van der Waals surface area contributed by atoms with Gasteiger partial charge in [0, 0.05) is 0 Å². The highest BCUT2D eigenvalue weighted by Gasteiger charge is 2.35. The Morgan fingerprint density at radius 1 is 1.40 bits per heavy atom. The third-order valence-electron chi connectivity index (χ3n) is 2.84. The molecule has 0 aromatic heterocycles. The van der Waals surface area contributed by atoms with E-state index in [0.29, 0.717) is 6.07 Å². The number of hydrogen-bond donors (Lipinski definition) is 1. The molecular formula is C14H17F3O3. The van der Waals surface area contributed by atoms with E-state index in [1.54, 1.807) is 0 Å². The molecule has 1 atom stereocenters. The first kappa shape index (κ1) is 16.3. The molecule has 0 bridgehead atoms. The van der Waals surface area contributed by atoms with Crippen LogP contribution in [-0.4, -0.2) is 17.7 Å². The normalized spacial score (nSPS) is 13.1. The van der Waals surface area contributed by atoms with Gasteiger partial charge in [-0.3, -0.25) is 0 Å². The number of ether oxygens (including phenoxy) is 1. The van der Waals surface area contributed by atoms with Crippen LogP contribution in [0.3, 0.4) is 0 Å². The predicted molar refractivity (Wildman–Crippen MR) is 68.0 cm³/mol. The summed E-state index contributed by atoms with van der Waals surface area (Å²) in [5, 5.41) is 8.75. The zero-order chi connectivity index (χ0) is 15.3. The largest absolute Gasteiger partial charge is 0.493 e.